The minimum absolute atomic E-state index is 0.0820. The van der Waals surface area contributed by atoms with E-state index in [4.69, 9.17) is 11.6 Å². The van der Waals surface area contributed by atoms with E-state index < -0.39 is 0 Å². The molecule has 0 unspecified atom stereocenters. The quantitative estimate of drug-likeness (QED) is 0.374. The highest BCUT2D eigenvalue weighted by atomic mass is 35.5. The van der Waals surface area contributed by atoms with Crippen molar-refractivity contribution in [3.8, 4) is 0 Å². The Labute approximate surface area is 187 Å². The number of thioether (sulfide) groups is 1. The molecule has 0 aliphatic carbocycles. The Kier molecular flexibility index (Phi) is 7.80. The molecule has 2 aromatic carbocycles. The van der Waals surface area contributed by atoms with Crippen LogP contribution in [0.15, 0.2) is 66.3 Å². The van der Waals surface area contributed by atoms with Gasteiger partial charge in [-0.3, -0.25) is 9.59 Å². The summed E-state index contributed by atoms with van der Waals surface area (Å²) >= 11 is 7.25. The second-order valence-corrected chi connectivity index (χ2v) is 7.65. The summed E-state index contributed by atoms with van der Waals surface area (Å²) in [5.74, 6) is -0.371. The number of carbonyl (C=O) groups excluding carboxylic acids is 2. The smallest absolute Gasteiger partial charge is 0.253 e. The van der Waals surface area contributed by atoms with Crippen LogP contribution in [0, 0.1) is 5.82 Å². The highest BCUT2D eigenvalue weighted by Gasteiger charge is 2.16. The van der Waals surface area contributed by atoms with Gasteiger partial charge in [0.05, 0.1) is 22.9 Å². The van der Waals surface area contributed by atoms with Gasteiger partial charge in [0.2, 0.25) is 5.91 Å². The van der Waals surface area contributed by atoms with Crippen molar-refractivity contribution in [3.63, 3.8) is 0 Å². The first-order valence-corrected chi connectivity index (χ1v) is 10.6. The van der Waals surface area contributed by atoms with Crippen molar-refractivity contribution in [2.24, 2.45) is 0 Å². The van der Waals surface area contributed by atoms with Crippen molar-refractivity contribution >= 4 is 40.9 Å². The highest BCUT2D eigenvalue weighted by molar-refractivity contribution is 7.99. The Balaban J connectivity index is 1.61. The molecule has 0 bridgehead atoms. The van der Waals surface area contributed by atoms with Crippen molar-refractivity contribution in [1.29, 1.82) is 0 Å². The largest absolute Gasteiger partial charge is 0.345 e. The van der Waals surface area contributed by atoms with Gasteiger partial charge >= 0.3 is 0 Å². The lowest BCUT2D eigenvalue weighted by Crippen LogP contribution is -2.25. The molecule has 0 radical (unpaired) electrons. The number of anilines is 1. The molecule has 0 saturated heterocycles. The van der Waals surface area contributed by atoms with Gasteiger partial charge < -0.3 is 15.2 Å². The molecule has 31 heavy (non-hydrogen) atoms. The van der Waals surface area contributed by atoms with Gasteiger partial charge in [0.25, 0.3) is 5.91 Å². The molecule has 0 aliphatic rings. The molecular formula is C21H19ClFN5O2S. The SMILES string of the molecule is C=CCn1c(CNC(=O)c2ccccc2Cl)nnc1SCC(=O)Nc1ccc(F)cc1. The van der Waals surface area contributed by atoms with Gasteiger partial charge in [0, 0.05) is 12.2 Å². The molecule has 0 saturated carbocycles. The molecule has 0 atom stereocenters. The van der Waals surface area contributed by atoms with Crippen LogP contribution >= 0.6 is 23.4 Å². The maximum Gasteiger partial charge on any atom is 0.253 e. The van der Waals surface area contributed by atoms with Crippen LogP contribution < -0.4 is 10.6 Å². The number of benzene rings is 2. The minimum atomic E-state index is -0.376. The monoisotopic (exact) mass is 459 g/mol. The van der Waals surface area contributed by atoms with Gasteiger partial charge in [-0.15, -0.1) is 16.8 Å². The van der Waals surface area contributed by atoms with Gasteiger partial charge in [0.1, 0.15) is 5.82 Å². The molecule has 1 aromatic heterocycles. The summed E-state index contributed by atoms with van der Waals surface area (Å²) in [4.78, 5) is 24.5. The summed E-state index contributed by atoms with van der Waals surface area (Å²) in [6, 6.07) is 12.3. The number of amides is 2. The number of nitrogens with one attached hydrogen (secondary N) is 2. The molecule has 3 aromatic rings. The standard InChI is InChI=1S/C21H19ClFN5O2S/c1-2-11-28-18(12-24-20(30)16-5-3-4-6-17(16)22)26-27-21(28)31-13-19(29)25-15-9-7-14(23)8-10-15/h2-10H,1,11-13H2,(H,24,30)(H,25,29). The van der Waals surface area contributed by atoms with Gasteiger partial charge in [-0.1, -0.05) is 41.6 Å². The summed E-state index contributed by atoms with van der Waals surface area (Å²) in [5.41, 5.74) is 0.869. The van der Waals surface area contributed by atoms with E-state index in [-0.39, 0.29) is 29.9 Å². The number of carbonyl (C=O) groups is 2. The molecule has 0 fully saturated rings. The van der Waals surface area contributed by atoms with Crippen LogP contribution in [0.25, 0.3) is 0 Å². The molecule has 160 valence electrons. The molecule has 1 heterocycles. The first kappa shape index (κ1) is 22.5. The Bertz CT molecular complexity index is 1090. The second-order valence-electron chi connectivity index (χ2n) is 6.30. The number of nitrogens with zero attached hydrogens (tertiary/aromatic N) is 3. The van der Waals surface area contributed by atoms with Crippen molar-refractivity contribution in [2.75, 3.05) is 11.1 Å². The van der Waals surface area contributed by atoms with E-state index in [0.29, 0.717) is 33.8 Å². The molecule has 7 nitrogen and oxygen atoms in total. The molecule has 2 N–H and O–H groups in total. The lowest BCUT2D eigenvalue weighted by atomic mass is 10.2. The van der Waals surface area contributed by atoms with Crippen LogP contribution in [0.2, 0.25) is 5.02 Å². The van der Waals surface area contributed by atoms with Gasteiger partial charge in [-0.05, 0) is 36.4 Å². The van der Waals surface area contributed by atoms with Crippen LogP contribution in [-0.2, 0) is 17.9 Å². The minimum Gasteiger partial charge on any atom is -0.345 e. The lowest BCUT2D eigenvalue weighted by Gasteiger charge is -2.09. The second kappa shape index (κ2) is 10.7. The van der Waals surface area contributed by atoms with Crippen molar-refractivity contribution < 1.29 is 14.0 Å². The fourth-order valence-electron chi connectivity index (χ4n) is 2.63. The van der Waals surface area contributed by atoms with E-state index in [1.807, 2.05) is 0 Å². The summed E-state index contributed by atoms with van der Waals surface area (Å²) in [5, 5.41) is 14.6. The van der Waals surface area contributed by atoms with Crippen LogP contribution in [0.4, 0.5) is 10.1 Å². The Hall–Kier alpha value is -3.17. The van der Waals surface area contributed by atoms with E-state index in [1.54, 1.807) is 34.9 Å². The van der Waals surface area contributed by atoms with E-state index in [9.17, 15) is 14.0 Å². The zero-order valence-electron chi connectivity index (χ0n) is 16.3. The van der Waals surface area contributed by atoms with Gasteiger partial charge in [-0.25, -0.2) is 4.39 Å². The summed E-state index contributed by atoms with van der Waals surface area (Å²) in [6.45, 7) is 4.27. The maximum absolute atomic E-state index is 13.0. The molecule has 10 heteroatoms. The average Bonchev–Trinajstić information content (AvgIpc) is 3.14. The van der Waals surface area contributed by atoms with Crippen LogP contribution in [0.5, 0.6) is 0 Å². The third-order valence-electron chi connectivity index (χ3n) is 4.09. The molecule has 2 amide bonds. The first-order chi connectivity index (χ1) is 15.0. The summed E-state index contributed by atoms with van der Waals surface area (Å²) in [7, 11) is 0. The molecular weight excluding hydrogens is 441 g/mol. The highest BCUT2D eigenvalue weighted by Crippen LogP contribution is 2.19. The average molecular weight is 460 g/mol. The summed E-state index contributed by atoms with van der Waals surface area (Å²) < 4.78 is 14.7. The van der Waals surface area contributed by atoms with Crippen molar-refractivity contribution in [1.82, 2.24) is 20.1 Å². The zero-order chi connectivity index (χ0) is 22.2. The first-order valence-electron chi connectivity index (χ1n) is 9.22. The van der Waals surface area contributed by atoms with Crippen LogP contribution in [0.3, 0.4) is 0 Å². The molecule has 3 rings (SSSR count). The predicted molar refractivity (Wildman–Crippen MR) is 119 cm³/mol. The number of hydrogen-bond acceptors (Lipinski definition) is 5. The number of allylic oxidation sites excluding steroid dienone is 1. The third kappa shape index (κ3) is 6.16. The zero-order valence-corrected chi connectivity index (χ0v) is 17.9. The fraction of sp³-hybridized carbons (Fsp3) is 0.143. The number of rotatable bonds is 9. The van der Waals surface area contributed by atoms with E-state index in [0.717, 1.165) is 0 Å². The van der Waals surface area contributed by atoms with E-state index in [1.165, 1.54) is 36.0 Å². The lowest BCUT2D eigenvalue weighted by molar-refractivity contribution is -0.113. The van der Waals surface area contributed by atoms with E-state index in [2.05, 4.69) is 27.4 Å². The van der Waals surface area contributed by atoms with Crippen molar-refractivity contribution in [3.05, 3.63) is 83.4 Å². The van der Waals surface area contributed by atoms with Gasteiger partial charge in [0.15, 0.2) is 11.0 Å². The normalized spacial score (nSPS) is 10.5. The van der Waals surface area contributed by atoms with Crippen molar-refractivity contribution in [2.45, 2.75) is 18.2 Å². The summed E-state index contributed by atoms with van der Waals surface area (Å²) in [6.07, 6.45) is 1.67. The maximum atomic E-state index is 13.0. The Morgan fingerprint density at radius 3 is 2.61 bits per heavy atom. The van der Waals surface area contributed by atoms with Crippen LogP contribution in [0.1, 0.15) is 16.2 Å². The fourth-order valence-corrected chi connectivity index (χ4v) is 3.62. The topological polar surface area (TPSA) is 88.9 Å². The molecule has 0 aliphatic heterocycles. The number of halogens is 2. The van der Waals surface area contributed by atoms with Crippen LogP contribution in [-0.4, -0.2) is 32.3 Å². The Morgan fingerprint density at radius 2 is 1.90 bits per heavy atom. The predicted octanol–water partition coefficient (Wildman–Crippen LogP) is 3.92. The van der Waals surface area contributed by atoms with E-state index >= 15 is 0 Å². The van der Waals surface area contributed by atoms with Gasteiger partial charge in [-0.2, -0.15) is 0 Å². The number of hydrogen-bond donors (Lipinski definition) is 2. The molecule has 0 spiro atoms. The Morgan fingerprint density at radius 1 is 1.16 bits per heavy atom. The number of aromatic nitrogens is 3. The third-order valence-corrected chi connectivity index (χ3v) is 5.39.